The highest BCUT2D eigenvalue weighted by Crippen LogP contribution is 2.30. The number of rotatable bonds is 4. The van der Waals surface area contributed by atoms with Crippen molar-refractivity contribution in [2.45, 2.75) is 10.8 Å². The van der Waals surface area contributed by atoms with Crippen LogP contribution in [-0.2, 0) is 5.75 Å². The second-order valence-electron chi connectivity index (χ2n) is 3.68. The molecule has 3 nitrogen and oxygen atoms in total. The van der Waals surface area contributed by atoms with E-state index in [1.165, 1.54) is 30.1 Å². The first kappa shape index (κ1) is 14.2. The van der Waals surface area contributed by atoms with Crippen LogP contribution in [0.25, 0.3) is 0 Å². The second-order valence-corrected chi connectivity index (χ2v) is 5.49. The van der Waals surface area contributed by atoms with Crippen LogP contribution in [0.15, 0.2) is 41.6 Å². The molecule has 2 aromatic rings. The van der Waals surface area contributed by atoms with Crippen LogP contribution in [0.2, 0.25) is 10.0 Å². The molecule has 2 rings (SSSR count). The van der Waals surface area contributed by atoms with E-state index in [-0.39, 0.29) is 5.56 Å². The van der Waals surface area contributed by atoms with Gasteiger partial charge in [0.2, 0.25) is 0 Å². The van der Waals surface area contributed by atoms with Gasteiger partial charge < -0.3 is 5.11 Å². The minimum absolute atomic E-state index is 0.211. The summed E-state index contributed by atoms with van der Waals surface area (Å²) in [5.74, 6) is -0.436. The first-order valence-corrected chi connectivity index (χ1v) is 7.07. The molecule has 0 aliphatic rings. The van der Waals surface area contributed by atoms with Crippen molar-refractivity contribution in [1.29, 1.82) is 0 Å². The van der Waals surface area contributed by atoms with Gasteiger partial charge in [-0.3, -0.25) is 0 Å². The Morgan fingerprint density at radius 2 is 1.95 bits per heavy atom. The molecular weight excluding hydrogens is 305 g/mol. The van der Waals surface area contributed by atoms with Crippen LogP contribution in [0.4, 0.5) is 0 Å². The molecule has 0 saturated heterocycles. The SMILES string of the molecule is O=C(O)c1ccnc(SCc2c(Cl)cccc2Cl)c1. The summed E-state index contributed by atoms with van der Waals surface area (Å²) in [6, 6.07) is 8.30. The highest BCUT2D eigenvalue weighted by Gasteiger charge is 2.08. The summed E-state index contributed by atoms with van der Waals surface area (Å²) in [6.45, 7) is 0. The zero-order valence-electron chi connectivity index (χ0n) is 9.64. The van der Waals surface area contributed by atoms with E-state index in [2.05, 4.69) is 4.98 Å². The minimum Gasteiger partial charge on any atom is -0.478 e. The highest BCUT2D eigenvalue weighted by molar-refractivity contribution is 7.98. The van der Waals surface area contributed by atoms with E-state index in [1.54, 1.807) is 18.2 Å². The molecule has 0 radical (unpaired) electrons. The molecule has 0 bridgehead atoms. The Morgan fingerprint density at radius 3 is 2.58 bits per heavy atom. The van der Waals surface area contributed by atoms with Gasteiger partial charge in [0.05, 0.1) is 10.6 Å². The molecule has 0 spiro atoms. The topological polar surface area (TPSA) is 50.2 Å². The Kier molecular flexibility index (Phi) is 4.69. The van der Waals surface area contributed by atoms with Gasteiger partial charge in [-0.2, -0.15) is 0 Å². The summed E-state index contributed by atoms with van der Waals surface area (Å²) in [5, 5.41) is 10.7. The number of halogens is 2. The average molecular weight is 314 g/mol. The van der Waals surface area contributed by atoms with Crippen molar-refractivity contribution in [3.63, 3.8) is 0 Å². The Morgan fingerprint density at radius 1 is 1.26 bits per heavy atom. The van der Waals surface area contributed by atoms with E-state index in [0.717, 1.165) is 5.56 Å². The van der Waals surface area contributed by atoms with E-state index < -0.39 is 5.97 Å². The molecule has 0 fully saturated rings. The van der Waals surface area contributed by atoms with Crippen molar-refractivity contribution in [2.75, 3.05) is 0 Å². The maximum Gasteiger partial charge on any atom is 0.335 e. The van der Waals surface area contributed by atoms with Gasteiger partial charge in [-0.1, -0.05) is 29.3 Å². The summed E-state index contributed by atoms with van der Waals surface area (Å²) < 4.78 is 0. The monoisotopic (exact) mass is 313 g/mol. The number of thioether (sulfide) groups is 1. The first-order chi connectivity index (χ1) is 9.08. The van der Waals surface area contributed by atoms with Crippen molar-refractivity contribution < 1.29 is 9.90 Å². The maximum absolute atomic E-state index is 10.9. The molecule has 0 saturated carbocycles. The van der Waals surface area contributed by atoms with Crippen LogP contribution < -0.4 is 0 Å². The van der Waals surface area contributed by atoms with Crippen LogP contribution in [0, 0.1) is 0 Å². The van der Waals surface area contributed by atoms with Gasteiger partial charge in [0, 0.05) is 22.0 Å². The molecule has 1 aromatic heterocycles. The van der Waals surface area contributed by atoms with Gasteiger partial charge >= 0.3 is 5.97 Å². The van der Waals surface area contributed by atoms with Crippen molar-refractivity contribution in [1.82, 2.24) is 4.98 Å². The second kappa shape index (κ2) is 6.28. The molecule has 0 aliphatic heterocycles. The maximum atomic E-state index is 10.9. The predicted molar refractivity (Wildman–Crippen MR) is 77.2 cm³/mol. The molecule has 6 heteroatoms. The number of carboxylic acids is 1. The van der Waals surface area contributed by atoms with Gasteiger partial charge in [-0.15, -0.1) is 11.8 Å². The minimum atomic E-state index is -0.972. The molecule has 1 N–H and O–H groups in total. The van der Waals surface area contributed by atoms with Crippen molar-refractivity contribution in [3.8, 4) is 0 Å². The van der Waals surface area contributed by atoms with Gasteiger partial charge in [-0.05, 0) is 29.8 Å². The van der Waals surface area contributed by atoms with E-state index >= 15 is 0 Å². The zero-order valence-corrected chi connectivity index (χ0v) is 12.0. The molecule has 0 aliphatic carbocycles. The van der Waals surface area contributed by atoms with E-state index in [1.807, 2.05) is 0 Å². The Labute approximate surface area is 124 Å². The van der Waals surface area contributed by atoms with Gasteiger partial charge in [0.15, 0.2) is 0 Å². The Balaban J connectivity index is 2.15. The van der Waals surface area contributed by atoms with Gasteiger partial charge in [0.1, 0.15) is 0 Å². The molecule has 1 heterocycles. The molecule has 0 amide bonds. The van der Waals surface area contributed by atoms with Crippen LogP contribution in [-0.4, -0.2) is 16.1 Å². The number of carbonyl (C=O) groups is 1. The van der Waals surface area contributed by atoms with E-state index in [4.69, 9.17) is 28.3 Å². The van der Waals surface area contributed by atoms with E-state index in [0.29, 0.717) is 20.8 Å². The lowest BCUT2D eigenvalue weighted by molar-refractivity contribution is 0.0696. The molecule has 0 atom stereocenters. The third-order valence-electron chi connectivity index (χ3n) is 2.41. The standard InChI is InChI=1S/C13H9Cl2NO2S/c14-10-2-1-3-11(15)9(10)7-19-12-6-8(13(17)18)4-5-16-12/h1-6H,7H2,(H,17,18). The molecule has 98 valence electrons. The Bertz CT molecular complexity index is 599. The number of pyridine rings is 1. The number of aromatic carboxylic acids is 1. The highest BCUT2D eigenvalue weighted by atomic mass is 35.5. The third-order valence-corrected chi connectivity index (χ3v) is 4.07. The van der Waals surface area contributed by atoms with Crippen molar-refractivity contribution >= 4 is 40.9 Å². The quantitative estimate of drug-likeness (QED) is 0.851. The van der Waals surface area contributed by atoms with Crippen molar-refractivity contribution in [3.05, 3.63) is 57.7 Å². The van der Waals surface area contributed by atoms with Crippen LogP contribution in [0.1, 0.15) is 15.9 Å². The molecule has 0 unspecified atom stereocenters. The third kappa shape index (κ3) is 3.62. The fraction of sp³-hybridized carbons (Fsp3) is 0.0769. The lowest BCUT2D eigenvalue weighted by Gasteiger charge is -2.06. The zero-order chi connectivity index (χ0) is 13.8. The van der Waals surface area contributed by atoms with Crippen LogP contribution in [0.5, 0.6) is 0 Å². The lowest BCUT2D eigenvalue weighted by Crippen LogP contribution is -1.97. The number of carboxylic acid groups (broad SMARTS) is 1. The summed E-state index contributed by atoms with van der Waals surface area (Å²) in [5.41, 5.74) is 1.03. The lowest BCUT2D eigenvalue weighted by atomic mass is 10.2. The first-order valence-electron chi connectivity index (χ1n) is 5.33. The average Bonchev–Trinajstić information content (AvgIpc) is 2.38. The molecule has 1 aromatic carbocycles. The number of aromatic nitrogens is 1. The largest absolute Gasteiger partial charge is 0.478 e. The Hall–Kier alpha value is -1.23. The number of hydrogen-bond acceptors (Lipinski definition) is 3. The smallest absolute Gasteiger partial charge is 0.335 e. The summed E-state index contributed by atoms with van der Waals surface area (Å²) in [6.07, 6.45) is 1.47. The van der Waals surface area contributed by atoms with Crippen LogP contribution in [0.3, 0.4) is 0 Å². The van der Waals surface area contributed by atoms with E-state index in [9.17, 15) is 4.79 Å². The predicted octanol–water partition coefficient (Wildman–Crippen LogP) is 4.38. The van der Waals surface area contributed by atoms with Crippen LogP contribution >= 0.6 is 35.0 Å². The number of benzene rings is 1. The summed E-state index contributed by atoms with van der Waals surface area (Å²) in [4.78, 5) is 15.0. The normalized spacial score (nSPS) is 10.4. The number of hydrogen-bond donors (Lipinski definition) is 1. The molecular formula is C13H9Cl2NO2S. The number of nitrogens with zero attached hydrogens (tertiary/aromatic N) is 1. The van der Waals surface area contributed by atoms with Crippen molar-refractivity contribution in [2.24, 2.45) is 0 Å². The fourth-order valence-corrected chi connectivity index (χ4v) is 3.08. The fourth-order valence-electron chi connectivity index (χ4n) is 1.44. The van der Waals surface area contributed by atoms with Gasteiger partial charge in [-0.25, -0.2) is 9.78 Å². The molecule has 19 heavy (non-hydrogen) atoms. The summed E-state index contributed by atoms with van der Waals surface area (Å²) in [7, 11) is 0. The summed E-state index contributed by atoms with van der Waals surface area (Å²) >= 11 is 13.5. The van der Waals surface area contributed by atoms with Gasteiger partial charge in [0.25, 0.3) is 0 Å².